The molecule has 1 aliphatic rings. The third kappa shape index (κ3) is 3.68. The van der Waals surface area contributed by atoms with E-state index in [-0.39, 0.29) is 5.91 Å². The molecule has 0 saturated carbocycles. The van der Waals surface area contributed by atoms with Crippen LogP contribution in [-0.4, -0.2) is 31.4 Å². The number of carbonyl (C=O) groups is 1. The van der Waals surface area contributed by atoms with Gasteiger partial charge in [-0.05, 0) is 57.7 Å². The average molecular weight is 409 g/mol. The third-order valence-electron chi connectivity index (χ3n) is 4.03. The lowest BCUT2D eigenvalue weighted by atomic mass is 10.0. The largest absolute Gasteiger partial charge is 0.322 e. The topological polar surface area (TPSA) is 66.5 Å². The zero-order valence-corrected chi connectivity index (χ0v) is 15.5. The monoisotopic (exact) mass is 408 g/mol. The van der Waals surface area contributed by atoms with Gasteiger partial charge in [0.2, 0.25) is 10.0 Å². The molecule has 0 bridgehead atoms. The number of anilines is 1. The molecule has 7 heteroatoms. The molecule has 0 radical (unpaired) electrons. The van der Waals surface area contributed by atoms with Gasteiger partial charge in [-0.3, -0.25) is 4.79 Å². The van der Waals surface area contributed by atoms with E-state index in [0.717, 1.165) is 15.6 Å². The number of fused-ring (bicyclic) bond motifs is 1. The lowest BCUT2D eigenvalue weighted by Gasteiger charge is -2.27. The van der Waals surface area contributed by atoms with Crippen LogP contribution in [0.4, 0.5) is 5.69 Å². The summed E-state index contributed by atoms with van der Waals surface area (Å²) in [5.41, 5.74) is 3.25. The standard InChI is InChI=1S/C17H17BrN2O3S/c1-24(22,23)20-9-8-12-6-7-14(10-13(12)11-20)19-17(21)15-4-2-3-5-16(15)18/h2-7,10H,8-9,11H2,1H3,(H,19,21). The lowest BCUT2D eigenvalue weighted by molar-refractivity contribution is 0.102. The first-order valence-corrected chi connectivity index (χ1v) is 10.1. The third-order valence-corrected chi connectivity index (χ3v) is 5.97. The van der Waals surface area contributed by atoms with Crippen LogP contribution in [0.1, 0.15) is 21.5 Å². The Morgan fingerprint density at radius 1 is 1.17 bits per heavy atom. The number of halogens is 1. The SMILES string of the molecule is CS(=O)(=O)N1CCc2ccc(NC(=O)c3ccccc3Br)cc2C1. The minimum absolute atomic E-state index is 0.210. The van der Waals surface area contributed by atoms with E-state index < -0.39 is 10.0 Å². The van der Waals surface area contributed by atoms with Crippen molar-refractivity contribution >= 4 is 37.5 Å². The van der Waals surface area contributed by atoms with Crippen LogP contribution in [0, 0.1) is 0 Å². The number of rotatable bonds is 3. The number of amides is 1. The predicted molar refractivity (Wildman–Crippen MR) is 97.5 cm³/mol. The van der Waals surface area contributed by atoms with Crippen molar-refractivity contribution in [3.05, 3.63) is 63.6 Å². The summed E-state index contributed by atoms with van der Waals surface area (Å²) in [5, 5.41) is 2.87. The van der Waals surface area contributed by atoms with E-state index in [2.05, 4.69) is 21.2 Å². The summed E-state index contributed by atoms with van der Waals surface area (Å²) in [6, 6.07) is 12.8. The molecular formula is C17H17BrN2O3S. The number of hydrogen-bond acceptors (Lipinski definition) is 3. The molecule has 1 aliphatic heterocycles. The molecule has 0 spiro atoms. The van der Waals surface area contributed by atoms with E-state index >= 15 is 0 Å². The lowest BCUT2D eigenvalue weighted by Crippen LogP contribution is -2.35. The van der Waals surface area contributed by atoms with Crippen molar-refractivity contribution in [3.63, 3.8) is 0 Å². The van der Waals surface area contributed by atoms with E-state index in [1.54, 1.807) is 12.1 Å². The fourth-order valence-corrected chi connectivity index (χ4v) is 4.00. The molecule has 3 rings (SSSR count). The summed E-state index contributed by atoms with van der Waals surface area (Å²) in [6.07, 6.45) is 1.90. The van der Waals surface area contributed by atoms with Crippen LogP contribution >= 0.6 is 15.9 Å². The van der Waals surface area contributed by atoms with Gasteiger partial charge in [-0.1, -0.05) is 18.2 Å². The van der Waals surface area contributed by atoms with Crippen molar-refractivity contribution in [3.8, 4) is 0 Å². The van der Waals surface area contributed by atoms with Gasteiger partial charge in [0, 0.05) is 23.2 Å². The molecule has 5 nitrogen and oxygen atoms in total. The Balaban J connectivity index is 1.82. The number of carbonyl (C=O) groups excluding carboxylic acids is 1. The molecule has 1 amide bonds. The summed E-state index contributed by atoms with van der Waals surface area (Å²) >= 11 is 3.37. The smallest absolute Gasteiger partial charge is 0.256 e. The first-order chi connectivity index (χ1) is 11.3. The molecule has 126 valence electrons. The van der Waals surface area contributed by atoms with Crippen LogP contribution in [0.3, 0.4) is 0 Å². The van der Waals surface area contributed by atoms with Gasteiger partial charge in [-0.25, -0.2) is 8.42 Å². The Labute approximate surface area is 149 Å². The van der Waals surface area contributed by atoms with Crippen molar-refractivity contribution in [1.29, 1.82) is 0 Å². The Bertz CT molecular complexity index is 896. The van der Waals surface area contributed by atoms with Gasteiger partial charge in [-0.2, -0.15) is 4.31 Å². The fraction of sp³-hybridized carbons (Fsp3) is 0.235. The summed E-state index contributed by atoms with van der Waals surface area (Å²) in [5.74, 6) is -0.210. The molecule has 1 heterocycles. The molecule has 24 heavy (non-hydrogen) atoms. The van der Waals surface area contributed by atoms with Crippen LogP contribution in [0.15, 0.2) is 46.9 Å². The maximum absolute atomic E-state index is 12.4. The van der Waals surface area contributed by atoms with Crippen LogP contribution in [0.5, 0.6) is 0 Å². The highest BCUT2D eigenvalue weighted by molar-refractivity contribution is 9.10. The first kappa shape index (κ1) is 17.1. The van der Waals surface area contributed by atoms with Crippen molar-refractivity contribution < 1.29 is 13.2 Å². The van der Waals surface area contributed by atoms with E-state index in [0.29, 0.717) is 30.8 Å². The van der Waals surface area contributed by atoms with Gasteiger partial charge < -0.3 is 5.32 Å². The number of sulfonamides is 1. The minimum atomic E-state index is -3.21. The molecule has 1 N–H and O–H groups in total. The molecule has 0 fully saturated rings. The highest BCUT2D eigenvalue weighted by Gasteiger charge is 2.23. The second kappa shape index (κ2) is 6.66. The Morgan fingerprint density at radius 3 is 2.62 bits per heavy atom. The molecule has 2 aromatic rings. The van der Waals surface area contributed by atoms with E-state index in [1.807, 2.05) is 30.3 Å². The molecule has 0 atom stereocenters. The van der Waals surface area contributed by atoms with E-state index in [1.165, 1.54) is 10.6 Å². The highest BCUT2D eigenvalue weighted by Crippen LogP contribution is 2.25. The van der Waals surface area contributed by atoms with Crippen molar-refractivity contribution in [2.45, 2.75) is 13.0 Å². The van der Waals surface area contributed by atoms with Crippen LogP contribution in [0.25, 0.3) is 0 Å². The van der Waals surface area contributed by atoms with Gasteiger partial charge in [-0.15, -0.1) is 0 Å². The maximum Gasteiger partial charge on any atom is 0.256 e. The second-order valence-corrected chi connectivity index (χ2v) is 8.60. The normalized spacial score (nSPS) is 14.9. The number of benzene rings is 2. The van der Waals surface area contributed by atoms with Gasteiger partial charge >= 0.3 is 0 Å². The maximum atomic E-state index is 12.4. The van der Waals surface area contributed by atoms with Gasteiger partial charge in [0.15, 0.2) is 0 Å². The Hall–Kier alpha value is -1.70. The van der Waals surface area contributed by atoms with Crippen molar-refractivity contribution in [2.24, 2.45) is 0 Å². The van der Waals surface area contributed by atoms with Gasteiger partial charge in [0.25, 0.3) is 5.91 Å². The zero-order chi connectivity index (χ0) is 17.3. The molecule has 0 saturated heterocycles. The summed E-state index contributed by atoms with van der Waals surface area (Å²) < 4.78 is 25.6. The minimum Gasteiger partial charge on any atom is -0.322 e. The zero-order valence-electron chi connectivity index (χ0n) is 13.1. The summed E-state index contributed by atoms with van der Waals surface area (Å²) in [6.45, 7) is 0.835. The molecular weight excluding hydrogens is 392 g/mol. The first-order valence-electron chi connectivity index (χ1n) is 7.47. The Morgan fingerprint density at radius 2 is 1.92 bits per heavy atom. The van der Waals surface area contributed by atoms with Gasteiger partial charge in [0.05, 0.1) is 11.8 Å². The molecule has 0 aliphatic carbocycles. The average Bonchev–Trinajstić information content (AvgIpc) is 2.53. The predicted octanol–water partition coefficient (Wildman–Crippen LogP) is 3.02. The van der Waals surface area contributed by atoms with Crippen LogP contribution in [-0.2, 0) is 23.0 Å². The van der Waals surface area contributed by atoms with E-state index in [4.69, 9.17) is 0 Å². The summed E-state index contributed by atoms with van der Waals surface area (Å²) in [7, 11) is -3.21. The van der Waals surface area contributed by atoms with Crippen molar-refractivity contribution in [2.75, 3.05) is 18.1 Å². The quantitative estimate of drug-likeness (QED) is 0.848. The van der Waals surface area contributed by atoms with E-state index in [9.17, 15) is 13.2 Å². The van der Waals surface area contributed by atoms with Crippen molar-refractivity contribution in [1.82, 2.24) is 4.31 Å². The van der Waals surface area contributed by atoms with Crippen LogP contribution < -0.4 is 5.32 Å². The number of hydrogen-bond donors (Lipinski definition) is 1. The molecule has 2 aromatic carbocycles. The number of nitrogens with zero attached hydrogens (tertiary/aromatic N) is 1. The molecule has 0 aromatic heterocycles. The second-order valence-electron chi connectivity index (χ2n) is 5.76. The molecule has 0 unspecified atom stereocenters. The Kier molecular flexibility index (Phi) is 4.76. The van der Waals surface area contributed by atoms with Gasteiger partial charge in [0.1, 0.15) is 0 Å². The summed E-state index contributed by atoms with van der Waals surface area (Å²) in [4.78, 5) is 12.4. The fourth-order valence-electron chi connectivity index (χ4n) is 2.74. The van der Waals surface area contributed by atoms with Crippen LogP contribution in [0.2, 0.25) is 0 Å². The highest BCUT2D eigenvalue weighted by atomic mass is 79.9. The number of nitrogens with one attached hydrogen (secondary N) is 1.